The van der Waals surface area contributed by atoms with Crippen molar-refractivity contribution in [3.8, 4) is 5.75 Å². The molecule has 1 unspecified atom stereocenters. The van der Waals surface area contributed by atoms with Crippen LogP contribution in [0.1, 0.15) is 39.6 Å². The molecule has 7 nitrogen and oxygen atoms in total. The van der Waals surface area contributed by atoms with Crippen LogP contribution < -0.4 is 15.1 Å². The van der Waals surface area contributed by atoms with Crippen LogP contribution in [0.25, 0.3) is 0 Å². The molecule has 34 heavy (non-hydrogen) atoms. The van der Waals surface area contributed by atoms with Crippen molar-refractivity contribution < 1.29 is 19.1 Å². The molecule has 1 N–H and O–H groups in total. The van der Waals surface area contributed by atoms with E-state index >= 15 is 0 Å². The van der Waals surface area contributed by atoms with E-state index in [0.717, 1.165) is 28.3 Å². The van der Waals surface area contributed by atoms with Gasteiger partial charge in [-0.2, -0.15) is 5.10 Å². The second-order valence-electron chi connectivity index (χ2n) is 8.15. The molecule has 0 spiro atoms. The first-order valence-corrected chi connectivity index (χ1v) is 10.7. The fraction of sp³-hybridized carbons (Fsp3) is 0.222. The van der Waals surface area contributed by atoms with Gasteiger partial charge in [0, 0.05) is 41.7 Å². The number of likely N-dealkylation sites (N-methyl/N-ethyl adjacent to an activating group) is 1. The van der Waals surface area contributed by atoms with Crippen molar-refractivity contribution in [1.29, 1.82) is 0 Å². The molecule has 7 heteroatoms. The number of amides is 1. The summed E-state index contributed by atoms with van der Waals surface area (Å²) in [7, 11) is 4.94. The van der Waals surface area contributed by atoms with E-state index in [2.05, 4.69) is 46.3 Å². The van der Waals surface area contributed by atoms with Crippen molar-refractivity contribution in [1.82, 2.24) is 5.43 Å². The number of allylic oxidation sites excluding steroid dienone is 4. The minimum absolute atomic E-state index is 0.360. The third kappa shape index (κ3) is 4.78. The Kier molecular flexibility index (Phi) is 7.36. The topological polar surface area (TPSA) is 80.2 Å². The minimum Gasteiger partial charge on any atom is -0.497 e. The van der Waals surface area contributed by atoms with Gasteiger partial charge in [0.1, 0.15) is 5.75 Å². The van der Waals surface area contributed by atoms with Crippen molar-refractivity contribution in [3.05, 3.63) is 95.7 Å². The van der Waals surface area contributed by atoms with E-state index < -0.39 is 5.97 Å². The Morgan fingerprint density at radius 2 is 1.82 bits per heavy atom. The molecular weight excluding hydrogens is 430 g/mol. The molecular formula is C27H29N3O4. The van der Waals surface area contributed by atoms with Crippen molar-refractivity contribution in [2.24, 2.45) is 5.10 Å². The van der Waals surface area contributed by atoms with Crippen LogP contribution in [0, 0.1) is 0 Å². The molecule has 0 aliphatic carbocycles. The van der Waals surface area contributed by atoms with E-state index in [-0.39, 0.29) is 11.3 Å². The zero-order valence-corrected chi connectivity index (χ0v) is 19.9. The molecule has 0 bridgehead atoms. The average molecular weight is 460 g/mol. The number of hydrogen-bond donors (Lipinski definition) is 1. The smallest absolute Gasteiger partial charge is 0.337 e. The van der Waals surface area contributed by atoms with Crippen molar-refractivity contribution in [2.45, 2.75) is 18.8 Å². The second-order valence-corrected chi connectivity index (χ2v) is 8.15. The summed E-state index contributed by atoms with van der Waals surface area (Å²) in [5.74, 6) is -0.0735. The average Bonchev–Trinajstić information content (AvgIpc) is 3.06. The highest BCUT2D eigenvalue weighted by Gasteiger charge is 2.42. The minimum atomic E-state index is -0.460. The maximum absolute atomic E-state index is 12.4. The third-order valence-corrected chi connectivity index (χ3v) is 6.00. The largest absolute Gasteiger partial charge is 0.497 e. The highest BCUT2D eigenvalue weighted by atomic mass is 16.5. The Morgan fingerprint density at radius 1 is 1.15 bits per heavy atom. The summed E-state index contributed by atoms with van der Waals surface area (Å²) in [4.78, 5) is 26.0. The quantitative estimate of drug-likeness (QED) is 0.270. The number of methoxy groups -OCH3 is 2. The summed E-state index contributed by atoms with van der Waals surface area (Å²) in [5.41, 5.74) is 7.01. The number of anilines is 1. The van der Waals surface area contributed by atoms with Gasteiger partial charge in [-0.15, -0.1) is 0 Å². The lowest BCUT2D eigenvalue weighted by atomic mass is 9.76. The van der Waals surface area contributed by atoms with Crippen LogP contribution in [0.15, 0.2) is 84.1 Å². The van der Waals surface area contributed by atoms with E-state index in [0.29, 0.717) is 17.5 Å². The Balaban J connectivity index is 1.82. The van der Waals surface area contributed by atoms with Crippen LogP contribution in [0.4, 0.5) is 5.69 Å². The van der Waals surface area contributed by atoms with Crippen LogP contribution in [-0.4, -0.2) is 39.4 Å². The number of hydrogen-bond acceptors (Lipinski definition) is 6. The highest BCUT2D eigenvalue weighted by molar-refractivity contribution is 5.96. The first-order valence-electron chi connectivity index (χ1n) is 10.7. The number of benzene rings is 2. The number of carbonyl (C=O) groups excluding carboxylic acids is 2. The third-order valence-electron chi connectivity index (χ3n) is 6.00. The molecule has 176 valence electrons. The molecule has 1 heterocycles. The number of hydrazone groups is 1. The van der Waals surface area contributed by atoms with Gasteiger partial charge >= 0.3 is 5.97 Å². The summed E-state index contributed by atoms with van der Waals surface area (Å²) in [6.45, 7) is 10.1. The molecule has 1 aliphatic heterocycles. The Labute approximate surface area is 200 Å². The van der Waals surface area contributed by atoms with E-state index in [1.54, 1.807) is 31.5 Å². The van der Waals surface area contributed by atoms with Gasteiger partial charge in [-0.25, -0.2) is 10.2 Å². The van der Waals surface area contributed by atoms with E-state index in [1.165, 1.54) is 19.2 Å². The molecule has 1 amide bonds. The monoisotopic (exact) mass is 459 g/mol. The number of fused-ring (bicyclic) bond motifs is 1. The number of rotatable bonds is 8. The molecule has 2 aromatic rings. The highest BCUT2D eigenvalue weighted by Crippen LogP contribution is 2.51. The fourth-order valence-corrected chi connectivity index (χ4v) is 4.17. The Bertz CT molecular complexity index is 1180. The summed E-state index contributed by atoms with van der Waals surface area (Å²) in [6, 6.07) is 12.2. The second kappa shape index (κ2) is 10.2. The van der Waals surface area contributed by atoms with Crippen LogP contribution >= 0.6 is 0 Å². The van der Waals surface area contributed by atoms with Crippen molar-refractivity contribution in [3.63, 3.8) is 0 Å². The lowest BCUT2D eigenvalue weighted by Gasteiger charge is -2.29. The van der Waals surface area contributed by atoms with E-state index in [9.17, 15) is 9.59 Å². The first-order chi connectivity index (χ1) is 16.2. The van der Waals surface area contributed by atoms with Gasteiger partial charge in [-0.3, -0.25) is 4.79 Å². The molecule has 0 saturated carbocycles. The number of ether oxygens (including phenoxy) is 2. The van der Waals surface area contributed by atoms with Crippen molar-refractivity contribution >= 4 is 23.8 Å². The summed E-state index contributed by atoms with van der Waals surface area (Å²) in [6.07, 6.45) is 5.89. The molecule has 3 rings (SSSR count). The van der Waals surface area contributed by atoms with E-state index in [4.69, 9.17) is 4.74 Å². The van der Waals surface area contributed by atoms with Gasteiger partial charge in [-0.1, -0.05) is 30.9 Å². The SMILES string of the molecule is C=CC(=C)CC1(C)/C(=C/C=N/NC(=O)c2ccc(C(=O)OC)cc2)N(C)c2cc(OC)ccc21. The number of nitrogens with one attached hydrogen (secondary N) is 1. The number of nitrogens with zero attached hydrogens (tertiary/aromatic N) is 2. The lowest BCUT2D eigenvalue weighted by molar-refractivity contribution is 0.0600. The lowest BCUT2D eigenvalue weighted by Crippen LogP contribution is -2.27. The van der Waals surface area contributed by atoms with Crippen LogP contribution in [0.3, 0.4) is 0 Å². The summed E-state index contributed by atoms with van der Waals surface area (Å²) < 4.78 is 10.1. The first kappa shape index (κ1) is 24.5. The fourth-order valence-electron chi connectivity index (χ4n) is 4.17. The van der Waals surface area contributed by atoms with Gasteiger partial charge in [0.25, 0.3) is 5.91 Å². The standard InChI is InChI=1S/C27H29N3O4/c1-7-18(2)17-27(3)22-13-12-21(33-5)16-23(22)30(4)24(27)14-15-28-29-25(31)19-8-10-20(11-9-19)26(32)34-6/h7-16H,1-2,17H2,3-6H3,(H,29,31)/b24-14-,28-15+. The van der Waals surface area contributed by atoms with Crippen molar-refractivity contribution in [2.75, 3.05) is 26.2 Å². The van der Waals surface area contributed by atoms with Gasteiger partial charge in [-0.05, 0) is 55.3 Å². The van der Waals surface area contributed by atoms with Gasteiger partial charge < -0.3 is 14.4 Å². The zero-order valence-electron chi connectivity index (χ0n) is 19.9. The Morgan fingerprint density at radius 3 is 2.44 bits per heavy atom. The Hall–Kier alpha value is -4.13. The van der Waals surface area contributed by atoms with Gasteiger partial charge in [0.05, 0.1) is 19.8 Å². The zero-order chi connectivity index (χ0) is 24.9. The van der Waals surface area contributed by atoms with Crippen LogP contribution in [0.5, 0.6) is 5.75 Å². The maximum atomic E-state index is 12.4. The molecule has 2 aromatic carbocycles. The normalized spacial score (nSPS) is 18.0. The van der Waals surface area contributed by atoms with Crippen LogP contribution in [-0.2, 0) is 10.2 Å². The molecule has 1 atom stereocenters. The molecule has 0 aromatic heterocycles. The summed E-state index contributed by atoms with van der Waals surface area (Å²) in [5, 5.41) is 4.09. The number of esters is 1. The molecule has 0 radical (unpaired) electrons. The van der Waals surface area contributed by atoms with Crippen LogP contribution in [0.2, 0.25) is 0 Å². The predicted octanol–water partition coefficient (Wildman–Crippen LogP) is 4.62. The maximum Gasteiger partial charge on any atom is 0.337 e. The molecule has 0 saturated heterocycles. The van der Waals surface area contributed by atoms with Gasteiger partial charge in [0.15, 0.2) is 0 Å². The number of carbonyl (C=O) groups is 2. The predicted molar refractivity (Wildman–Crippen MR) is 135 cm³/mol. The summed E-state index contributed by atoms with van der Waals surface area (Å²) >= 11 is 0. The molecule has 1 aliphatic rings. The van der Waals surface area contributed by atoms with E-state index in [1.807, 2.05) is 25.3 Å². The molecule has 0 fully saturated rings. The van der Waals surface area contributed by atoms with Gasteiger partial charge in [0.2, 0.25) is 0 Å².